The Kier molecular flexibility index (Phi) is 3.91. The van der Waals surface area contributed by atoms with E-state index in [2.05, 4.69) is 0 Å². The molecule has 2 aromatic carbocycles. The van der Waals surface area contributed by atoms with Gasteiger partial charge < -0.3 is 4.74 Å². The number of ether oxygens (including phenoxy) is 1. The van der Waals surface area contributed by atoms with E-state index in [0.29, 0.717) is 21.9 Å². The highest BCUT2D eigenvalue weighted by molar-refractivity contribution is 6.31. The van der Waals surface area contributed by atoms with Gasteiger partial charge in [-0.05, 0) is 49.2 Å². The number of aryl methyl sites for hydroxylation is 2. The topological polar surface area (TPSA) is 26.3 Å². The second-order valence-corrected chi connectivity index (χ2v) is 4.88. The molecule has 0 radical (unpaired) electrons. The summed E-state index contributed by atoms with van der Waals surface area (Å²) in [5, 5.41) is 0.680. The molecule has 0 atom stereocenters. The Bertz CT molecular complexity index is 633. The first-order chi connectivity index (χ1) is 9.02. The van der Waals surface area contributed by atoms with Gasteiger partial charge in [-0.3, -0.25) is 4.79 Å². The van der Waals surface area contributed by atoms with E-state index >= 15 is 0 Å². The van der Waals surface area contributed by atoms with E-state index in [9.17, 15) is 4.79 Å². The van der Waals surface area contributed by atoms with Crippen molar-refractivity contribution in [2.75, 3.05) is 7.11 Å². The van der Waals surface area contributed by atoms with E-state index in [0.717, 1.165) is 11.1 Å². The van der Waals surface area contributed by atoms with Crippen molar-refractivity contribution in [3.8, 4) is 5.75 Å². The molecule has 0 spiro atoms. The Morgan fingerprint density at radius 1 is 1.11 bits per heavy atom. The van der Waals surface area contributed by atoms with Crippen LogP contribution >= 0.6 is 11.6 Å². The van der Waals surface area contributed by atoms with Crippen LogP contribution in [0.2, 0.25) is 5.02 Å². The van der Waals surface area contributed by atoms with Crippen LogP contribution in [-0.2, 0) is 0 Å². The van der Waals surface area contributed by atoms with E-state index < -0.39 is 0 Å². The molecule has 0 aliphatic heterocycles. The summed E-state index contributed by atoms with van der Waals surface area (Å²) in [7, 11) is 1.58. The van der Waals surface area contributed by atoms with E-state index in [1.807, 2.05) is 38.1 Å². The first kappa shape index (κ1) is 13.6. The zero-order chi connectivity index (χ0) is 14.0. The summed E-state index contributed by atoms with van der Waals surface area (Å²) in [6.45, 7) is 3.78. The summed E-state index contributed by atoms with van der Waals surface area (Å²) in [6, 6.07) is 10.8. The third-order valence-corrected chi connectivity index (χ3v) is 3.49. The van der Waals surface area contributed by atoms with Crippen molar-refractivity contribution >= 4 is 17.4 Å². The quantitative estimate of drug-likeness (QED) is 0.784. The number of hydrogen-bond donors (Lipinski definition) is 0. The number of halogens is 1. The van der Waals surface area contributed by atoms with E-state index in [-0.39, 0.29) is 5.78 Å². The Morgan fingerprint density at radius 2 is 1.84 bits per heavy atom. The van der Waals surface area contributed by atoms with Crippen LogP contribution in [0.1, 0.15) is 27.0 Å². The van der Waals surface area contributed by atoms with Crippen LogP contribution in [0, 0.1) is 13.8 Å². The largest absolute Gasteiger partial charge is 0.497 e. The predicted octanol–water partition coefficient (Wildman–Crippen LogP) is 4.20. The molecule has 0 amide bonds. The van der Waals surface area contributed by atoms with Crippen molar-refractivity contribution in [2.45, 2.75) is 13.8 Å². The molecule has 3 heteroatoms. The molecule has 0 saturated heterocycles. The average Bonchev–Trinajstić information content (AvgIpc) is 2.42. The van der Waals surface area contributed by atoms with Gasteiger partial charge in [0.15, 0.2) is 5.78 Å². The molecule has 0 bridgehead atoms. The third kappa shape index (κ3) is 2.79. The van der Waals surface area contributed by atoms with Gasteiger partial charge in [-0.15, -0.1) is 0 Å². The van der Waals surface area contributed by atoms with Gasteiger partial charge in [0.05, 0.1) is 7.11 Å². The van der Waals surface area contributed by atoms with Crippen LogP contribution in [-0.4, -0.2) is 12.9 Å². The molecule has 0 saturated carbocycles. The lowest BCUT2D eigenvalue weighted by Gasteiger charge is -2.09. The molecular weight excluding hydrogens is 260 g/mol. The summed E-state index contributed by atoms with van der Waals surface area (Å²) < 4.78 is 5.14. The molecule has 2 aromatic rings. The molecule has 0 aromatic heterocycles. The van der Waals surface area contributed by atoms with Gasteiger partial charge in [0.2, 0.25) is 0 Å². The van der Waals surface area contributed by atoms with Crippen LogP contribution < -0.4 is 4.74 Å². The Labute approximate surface area is 118 Å². The highest BCUT2D eigenvalue weighted by Crippen LogP contribution is 2.23. The summed E-state index contributed by atoms with van der Waals surface area (Å²) in [4.78, 5) is 12.5. The normalized spacial score (nSPS) is 10.3. The van der Waals surface area contributed by atoms with E-state index in [4.69, 9.17) is 16.3 Å². The molecule has 0 heterocycles. The zero-order valence-corrected chi connectivity index (χ0v) is 11.9. The third-order valence-electron chi connectivity index (χ3n) is 3.08. The Morgan fingerprint density at radius 3 is 2.53 bits per heavy atom. The van der Waals surface area contributed by atoms with Crippen molar-refractivity contribution in [3.05, 3.63) is 63.7 Å². The average molecular weight is 275 g/mol. The predicted molar refractivity (Wildman–Crippen MR) is 77.4 cm³/mol. The summed E-state index contributed by atoms with van der Waals surface area (Å²) in [5.74, 6) is 0.658. The number of methoxy groups -OCH3 is 1. The lowest BCUT2D eigenvalue weighted by atomic mass is 9.97. The van der Waals surface area contributed by atoms with Crippen LogP contribution in [0.5, 0.6) is 5.75 Å². The lowest BCUT2D eigenvalue weighted by Crippen LogP contribution is -2.04. The molecule has 0 unspecified atom stereocenters. The van der Waals surface area contributed by atoms with Gasteiger partial charge in [-0.1, -0.05) is 23.7 Å². The van der Waals surface area contributed by atoms with Crippen LogP contribution in [0.25, 0.3) is 0 Å². The van der Waals surface area contributed by atoms with E-state index in [1.54, 1.807) is 19.2 Å². The van der Waals surface area contributed by atoms with Crippen LogP contribution in [0.15, 0.2) is 36.4 Å². The highest BCUT2D eigenvalue weighted by atomic mass is 35.5. The summed E-state index contributed by atoms with van der Waals surface area (Å²) in [5.41, 5.74) is 3.07. The maximum absolute atomic E-state index is 12.5. The maximum Gasteiger partial charge on any atom is 0.193 e. The second kappa shape index (κ2) is 5.45. The fourth-order valence-electron chi connectivity index (χ4n) is 1.95. The van der Waals surface area contributed by atoms with Gasteiger partial charge >= 0.3 is 0 Å². The minimum atomic E-state index is -0.0174. The van der Waals surface area contributed by atoms with Crippen molar-refractivity contribution < 1.29 is 9.53 Å². The Hall–Kier alpha value is -1.80. The number of carbonyl (C=O) groups excluding carboxylic acids is 1. The van der Waals surface area contributed by atoms with Crippen LogP contribution in [0.3, 0.4) is 0 Å². The molecule has 2 rings (SSSR count). The van der Waals surface area contributed by atoms with E-state index in [1.165, 1.54) is 0 Å². The minimum Gasteiger partial charge on any atom is -0.497 e. The first-order valence-electron chi connectivity index (χ1n) is 5.98. The number of hydrogen-bond acceptors (Lipinski definition) is 2. The molecule has 98 valence electrons. The van der Waals surface area contributed by atoms with Gasteiger partial charge in [-0.2, -0.15) is 0 Å². The second-order valence-electron chi connectivity index (χ2n) is 4.48. The van der Waals surface area contributed by atoms with Gasteiger partial charge in [0.1, 0.15) is 5.75 Å². The lowest BCUT2D eigenvalue weighted by molar-refractivity contribution is 0.103. The van der Waals surface area contributed by atoms with Crippen LogP contribution in [0.4, 0.5) is 0 Å². The SMILES string of the molecule is COc1cccc(C(=O)c2cc(C)c(Cl)cc2C)c1. The number of benzene rings is 2. The van der Waals surface area contributed by atoms with Gasteiger partial charge in [-0.25, -0.2) is 0 Å². The fourth-order valence-corrected chi connectivity index (χ4v) is 2.16. The number of carbonyl (C=O) groups is 1. The zero-order valence-electron chi connectivity index (χ0n) is 11.2. The molecule has 0 N–H and O–H groups in total. The van der Waals surface area contributed by atoms with Gasteiger partial charge in [0.25, 0.3) is 0 Å². The monoisotopic (exact) mass is 274 g/mol. The van der Waals surface area contributed by atoms with Crippen molar-refractivity contribution in [1.29, 1.82) is 0 Å². The Balaban J connectivity index is 2.46. The summed E-state index contributed by atoms with van der Waals surface area (Å²) >= 11 is 6.05. The number of rotatable bonds is 3. The van der Waals surface area contributed by atoms with Crippen molar-refractivity contribution in [1.82, 2.24) is 0 Å². The molecule has 2 nitrogen and oxygen atoms in total. The molecule has 0 aliphatic rings. The first-order valence-corrected chi connectivity index (χ1v) is 6.36. The minimum absolute atomic E-state index is 0.0174. The van der Waals surface area contributed by atoms with Crippen molar-refractivity contribution in [3.63, 3.8) is 0 Å². The standard InChI is InChI=1S/C16H15ClO2/c1-10-8-15(17)11(2)7-14(10)16(18)12-5-4-6-13(9-12)19-3/h4-9H,1-3H3. The maximum atomic E-state index is 12.5. The highest BCUT2D eigenvalue weighted by Gasteiger charge is 2.14. The fraction of sp³-hybridized carbons (Fsp3) is 0.188. The molecule has 0 fully saturated rings. The summed E-state index contributed by atoms with van der Waals surface area (Å²) in [6.07, 6.45) is 0. The van der Waals surface area contributed by atoms with Gasteiger partial charge in [0, 0.05) is 16.1 Å². The molecule has 19 heavy (non-hydrogen) atoms. The van der Waals surface area contributed by atoms with Crippen molar-refractivity contribution in [2.24, 2.45) is 0 Å². The molecule has 0 aliphatic carbocycles. The molecular formula is C16H15ClO2. The smallest absolute Gasteiger partial charge is 0.193 e. The number of ketones is 1.